The molecule has 0 spiro atoms. The quantitative estimate of drug-likeness (QED) is 0.782. The number of hydrogen-bond acceptors (Lipinski definition) is 1. The van der Waals surface area contributed by atoms with E-state index in [1.807, 2.05) is 23.1 Å². The molecule has 1 aromatic carbocycles. The van der Waals surface area contributed by atoms with Gasteiger partial charge in [0, 0.05) is 29.9 Å². The lowest BCUT2D eigenvalue weighted by Crippen LogP contribution is -2.27. The molecule has 1 atom stereocenters. The van der Waals surface area contributed by atoms with Gasteiger partial charge in [-0.3, -0.25) is 4.79 Å². The summed E-state index contributed by atoms with van der Waals surface area (Å²) in [5.74, 6) is 1.16. The molecule has 1 amide bonds. The fourth-order valence-corrected chi connectivity index (χ4v) is 2.82. The fraction of sp³-hybridized carbons (Fsp3) is 0.462. The topological polar surface area (TPSA) is 20.3 Å². The maximum Gasteiger partial charge on any atom is 0.222 e. The van der Waals surface area contributed by atoms with E-state index in [0.717, 1.165) is 24.0 Å². The van der Waals surface area contributed by atoms with E-state index in [0.29, 0.717) is 18.2 Å². The number of benzene rings is 1. The predicted molar refractivity (Wildman–Crippen MR) is 73.3 cm³/mol. The second-order valence-electron chi connectivity index (χ2n) is 4.41. The summed E-state index contributed by atoms with van der Waals surface area (Å²) in [5, 5.41) is 0. The van der Waals surface area contributed by atoms with E-state index in [-0.39, 0.29) is 5.91 Å². The van der Waals surface area contributed by atoms with Gasteiger partial charge in [-0.2, -0.15) is 0 Å². The van der Waals surface area contributed by atoms with Crippen LogP contribution in [0.5, 0.6) is 0 Å². The van der Waals surface area contributed by atoms with Crippen LogP contribution in [0.15, 0.2) is 28.7 Å². The molecule has 0 radical (unpaired) electrons. The highest BCUT2D eigenvalue weighted by Gasteiger charge is 2.28. The summed E-state index contributed by atoms with van der Waals surface area (Å²) in [5.41, 5.74) is 1.25. The van der Waals surface area contributed by atoms with Gasteiger partial charge in [0.15, 0.2) is 0 Å². The summed E-state index contributed by atoms with van der Waals surface area (Å²) in [6.45, 7) is 1.60. The Kier molecular flexibility index (Phi) is 4.46. The van der Waals surface area contributed by atoms with Gasteiger partial charge in [-0.25, -0.2) is 0 Å². The summed E-state index contributed by atoms with van der Waals surface area (Å²) in [4.78, 5) is 13.6. The summed E-state index contributed by atoms with van der Waals surface area (Å²) < 4.78 is 1.11. The molecule has 0 N–H and O–H groups in total. The first-order valence-corrected chi connectivity index (χ1v) is 7.10. The van der Waals surface area contributed by atoms with Crippen molar-refractivity contribution in [2.45, 2.75) is 12.8 Å². The standard InChI is InChI=1S/C13H15BrClNO/c14-12-4-2-1-3-11(12)5-6-16-9-10(8-15)7-13(16)17/h1-4,10H,5-9H2. The summed E-state index contributed by atoms with van der Waals surface area (Å²) in [7, 11) is 0. The van der Waals surface area contributed by atoms with Crippen LogP contribution in [0.3, 0.4) is 0 Å². The molecule has 1 aliphatic heterocycles. The third kappa shape index (κ3) is 3.23. The Morgan fingerprint density at radius 3 is 2.82 bits per heavy atom. The molecule has 2 rings (SSSR count). The van der Waals surface area contributed by atoms with Gasteiger partial charge in [-0.05, 0) is 24.0 Å². The number of amides is 1. The number of nitrogens with zero attached hydrogens (tertiary/aromatic N) is 1. The number of alkyl halides is 1. The molecule has 1 aliphatic rings. The first kappa shape index (κ1) is 12.9. The Morgan fingerprint density at radius 1 is 1.41 bits per heavy atom. The lowest BCUT2D eigenvalue weighted by Gasteiger charge is -2.16. The second-order valence-corrected chi connectivity index (χ2v) is 5.57. The zero-order valence-corrected chi connectivity index (χ0v) is 11.9. The number of rotatable bonds is 4. The zero-order valence-electron chi connectivity index (χ0n) is 9.53. The lowest BCUT2D eigenvalue weighted by molar-refractivity contribution is -0.127. The Hall–Kier alpha value is -0.540. The van der Waals surface area contributed by atoms with Crippen molar-refractivity contribution in [2.24, 2.45) is 5.92 Å². The molecule has 0 aromatic heterocycles. The van der Waals surface area contributed by atoms with E-state index in [9.17, 15) is 4.79 Å². The molecule has 17 heavy (non-hydrogen) atoms. The van der Waals surface area contributed by atoms with Crippen LogP contribution in [0, 0.1) is 5.92 Å². The SMILES string of the molecule is O=C1CC(CCl)CN1CCc1ccccc1Br. The molecule has 2 nitrogen and oxygen atoms in total. The fourth-order valence-electron chi connectivity index (χ4n) is 2.13. The van der Waals surface area contributed by atoms with Crippen LogP contribution in [-0.4, -0.2) is 29.8 Å². The van der Waals surface area contributed by atoms with Gasteiger partial charge in [0.25, 0.3) is 0 Å². The molecule has 92 valence electrons. The highest BCUT2D eigenvalue weighted by atomic mass is 79.9. The third-order valence-electron chi connectivity index (χ3n) is 3.12. The molecule has 1 saturated heterocycles. The second kappa shape index (κ2) is 5.87. The lowest BCUT2D eigenvalue weighted by atomic mass is 10.1. The minimum atomic E-state index is 0.239. The minimum Gasteiger partial charge on any atom is -0.342 e. The van der Waals surface area contributed by atoms with Crippen molar-refractivity contribution in [3.8, 4) is 0 Å². The van der Waals surface area contributed by atoms with E-state index < -0.39 is 0 Å². The van der Waals surface area contributed by atoms with Crippen LogP contribution in [0.4, 0.5) is 0 Å². The molecule has 0 bridgehead atoms. The summed E-state index contributed by atoms with van der Waals surface area (Å²) >= 11 is 9.32. The van der Waals surface area contributed by atoms with Crippen LogP contribution in [0.25, 0.3) is 0 Å². The maximum absolute atomic E-state index is 11.7. The average Bonchev–Trinajstić information content (AvgIpc) is 2.69. The van der Waals surface area contributed by atoms with Crippen molar-refractivity contribution in [1.29, 1.82) is 0 Å². The van der Waals surface area contributed by atoms with E-state index in [1.165, 1.54) is 5.56 Å². The molecule has 1 heterocycles. The first-order chi connectivity index (χ1) is 8.20. The van der Waals surface area contributed by atoms with Crippen molar-refractivity contribution >= 4 is 33.4 Å². The predicted octanol–water partition coefficient (Wildman–Crippen LogP) is 3.08. The van der Waals surface area contributed by atoms with Crippen molar-refractivity contribution < 1.29 is 4.79 Å². The van der Waals surface area contributed by atoms with Crippen molar-refractivity contribution in [2.75, 3.05) is 19.0 Å². The molecule has 4 heteroatoms. The van der Waals surface area contributed by atoms with Gasteiger partial charge in [-0.15, -0.1) is 11.6 Å². The van der Waals surface area contributed by atoms with E-state index in [2.05, 4.69) is 22.0 Å². The third-order valence-corrected chi connectivity index (χ3v) is 4.33. The molecular formula is C13H15BrClNO. The van der Waals surface area contributed by atoms with Crippen LogP contribution in [0.1, 0.15) is 12.0 Å². The number of carbonyl (C=O) groups excluding carboxylic acids is 1. The molecule has 0 saturated carbocycles. The summed E-state index contributed by atoms with van der Waals surface area (Å²) in [6.07, 6.45) is 1.50. The smallest absolute Gasteiger partial charge is 0.222 e. The number of hydrogen-bond donors (Lipinski definition) is 0. The van der Waals surface area contributed by atoms with E-state index in [4.69, 9.17) is 11.6 Å². The normalized spacial score (nSPS) is 20.0. The van der Waals surface area contributed by atoms with Crippen LogP contribution in [-0.2, 0) is 11.2 Å². The van der Waals surface area contributed by atoms with Gasteiger partial charge < -0.3 is 4.90 Å². The number of carbonyl (C=O) groups is 1. The maximum atomic E-state index is 11.7. The molecule has 1 aromatic rings. The number of likely N-dealkylation sites (tertiary alicyclic amines) is 1. The minimum absolute atomic E-state index is 0.239. The van der Waals surface area contributed by atoms with Gasteiger partial charge in [0.2, 0.25) is 5.91 Å². The molecule has 0 aliphatic carbocycles. The molecule has 1 unspecified atom stereocenters. The van der Waals surface area contributed by atoms with Crippen molar-refractivity contribution in [3.05, 3.63) is 34.3 Å². The van der Waals surface area contributed by atoms with Crippen LogP contribution < -0.4 is 0 Å². The zero-order chi connectivity index (χ0) is 12.3. The molecular weight excluding hydrogens is 302 g/mol. The summed E-state index contributed by atoms with van der Waals surface area (Å²) in [6, 6.07) is 8.14. The number of halogens is 2. The highest BCUT2D eigenvalue weighted by Crippen LogP contribution is 2.21. The average molecular weight is 317 g/mol. The van der Waals surface area contributed by atoms with Crippen LogP contribution in [0.2, 0.25) is 0 Å². The highest BCUT2D eigenvalue weighted by molar-refractivity contribution is 9.10. The van der Waals surface area contributed by atoms with Gasteiger partial charge in [-0.1, -0.05) is 34.1 Å². The van der Waals surface area contributed by atoms with E-state index in [1.54, 1.807) is 0 Å². The van der Waals surface area contributed by atoms with E-state index >= 15 is 0 Å². The van der Waals surface area contributed by atoms with Crippen molar-refractivity contribution in [1.82, 2.24) is 4.90 Å². The largest absolute Gasteiger partial charge is 0.342 e. The van der Waals surface area contributed by atoms with Gasteiger partial charge in [0.05, 0.1) is 0 Å². The Bertz CT molecular complexity index is 410. The van der Waals surface area contributed by atoms with Gasteiger partial charge in [0.1, 0.15) is 0 Å². The van der Waals surface area contributed by atoms with Gasteiger partial charge >= 0.3 is 0 Å². The first-order valence-electron chi connectivity index (χ1n) is 5.78. The Morgan fingerprint density at radius 2 is 2.18 bits per heavy atom. The monoisotopic (exact) mass is 315 g/mol. The van der Waals surface area contributed by atoms with Crippen LogP contribution >= 0.6 is 27.5 Å². The van der Waals surface area contributed by atoms with Crippen molar-refractivity contribution in [3.63, 3.8) is 0 Å². The molecule has 1 fully saturated rings. The Balaban J connectivity index is 1.91. The Labute approximate surface area is 115 Å².